The molecule has 0 aromatic rings. The van der Waals surface area contributed by atoms with E-state index < -0.39 is 23.1 Å². The minimum absolute atomic E-state index is 0.0170. The number of Topliss-reactive ketones (excluding diaryl/α,β-unsaturated/α-hetero) is 2. The van der Waals surface area contributed by atoms with Crippen LogP contribution in [0.2, 0.25) is 0 Å². The molecule has 1 aliphatic carbocycles. The Kier molecular flexibility index (Phi) is 8.67. The Morgan fingerprint density at radius 2 is 1.09 bits per heavy atom. The lowest BCUT2D eigenvalue weighted by atomic mass is 9.89. The van der Waals surface area contributed by atoms with Gasteiger partial charge in [-0.25, -0.2) is 0 Å². The number of unbranched alkanes of at least 4 members (excludes halogenated alkanes) is 8. The molecule has 4 heteroatoms. The summed E-state index contributed by atoms with van der Waals surface area (Å²) in [7, 11) is 0. The van der Waals surface area contributed by atoms with Crippen molar-refractivity contribution in [2.75, 3.05) is 0 Å². The molecule has 0 atom stereocenters. The summed E-state index contributed by atoms with van der Waals surface area (Å²) in [5.41, 5.74) is 0.0935. The van der Waals surface area contributed by atoms with Gasteiger partial charge in [-0.05, 0) is 19.3 Å². The largest absolute Gasteiger partial charge is 0.504 e. The molecule has 0 amide bonds. The third kappa shape index (κ3) is 5.52. The SMILES string of the molecule is CCCCCCCCCCCC1=C(O)C(=O)C(CC)=C(O)C1=O. The van der Waals surface area contributed by atoms with Crippen molar-refractivity contribution in [3.63, 3.8) is 0 Å². The Bertz CT molecular complexity index is 486. The first-order valence-corrected chi connectivity index (χ1v) is 8.98. The van der Waals surface area contributed by atoms with E-state index in [1.165, 1.54) is 38.5 Å². The van der Waals surface area contributed by atoms with Gasteiger partial charge < -0.3 is 10.2 Å². The van der Waals surface area contributed by atoms with Crippen LogP contribution in [-0.4, -0.2) is 21.8 Å². The number of allylic oxidation sites excluding steroid dienone is 2. The van der Waals surface area contributed by atoms with E-state index >= 15 is 0 Å². The molecule has 0 spiro atoms. The van der Waals surface area contributed by atoms with E-state index in [-0.39, 0.29) is 17.6 Å². The van der Waals surface area contributed by atoms with Crippen molar-refractivity contribution in [1.29, 1.82) is 0 Å². The minimum Gasteiger partial charge on any atom is -0.504 e. The molecule has 0 aliphatic heterocycles. The Hall–Kier alpha value is -1.58. The highest BCUT2D eigenvalue weighted by Crippen LogP contribution is 2.27. The Morgan fingerprint density at radius 3 is 1.61 bits per heavy atom. The zero-order valence-corrected chi connectivity index (χ0v) is 14.5. The number of rotatable bonds is 11. The van der Waals surface area contributed by atoms with Crippen LogP contribution in [0.15, 0.2) is 22.7 Å². The molecule has 0 heterocycles. The molecule has 0 aromatic carbocycles. The van der Waals surface area contributed by atoms with Gasteiger partial charge in [0.2, 0.25) is 11.6 Å². The highest BCUT2D eigenvalue weighted by molar-refractivity contribution is 6.23. The van der Waals surface area contributed by atoms with Crippen LogP contribution < -0.4 is 0 Å². The maximum absolute atomic E-state index is 12.0. The van der Waals surface area contributed by atoms with Crippen molar-refractivity contribution in [2.24, 2.45) is 0 Å². The first-order valence-electron chi connectivity index (χ1n) is 8.98. The first-order chi connectivity index (χ1) is 11.0. The van der Waals surface area contributed by atoms with Crippen LogP contribution in [-0.2, 0) is 9.59 Å². The smallest absolute Gasteiger partial charge is 0.227 e. The van der Waals surface area contributed by atoms with E-state index in [4.69, 9.17) is 0 Å². The average molecular weight is 322 g/mol. The van der Waals surface area contributed by atoms with E-state index in [0.717, 1.165) is 19.3 Å². The topological polar surface area (TPSA) is 74.6 Å². The molecule has 0 aromatic heterocycles. The fraction of sp³-hybridized carbons (Fsp3) is 0.684. The quantitative estimate of drug-likeness (QED) is 0.410. The van der Waals surface area contributed by atoms with E-state index in [1.54, 1.807) is 6.92 Å². The van der Waals surface area contributed by atoms with Crippen molar-refractivity contribution in [1.82, 2.24) is 0 Å². The molecular formula is C19H30O4. The average Bonchev–Trinajstić information content (AvgIpc) is 2.55. The molecular weight excluding hydrogens is 292 g/mol. The number of ketones is 2. The van der Waals surface area contributed by atoms with Crippen molar-refractivity contribution < 1.29 is 19.8 Å². The summed E-state index contributed by atoms with van der Waals surface area (Å²) >= 11 is 0. The maximum atomic E-state index is 12.0. The monoisotopic (exact) mass is 322 g/mol. The first kappa shape index (κ1) is 19.5. The highest BCUT2D eigenvalue weighted by atomic mass is 16.3. The lowest BCUT2D eigenvalue weighted by Gasteiger charge is -2.17. The molecule has 2 N–H and O–H groups in total. The molecule has 0 radical (unpaired) electrons. The molecule has 0 bridgehead atoms. The second kappa shape index (κ2) is 10.2. The van der Waals surface area contributed by atoms with Gasteiger partial charge in [0.05, 0.1) is 0 Å². The lowest BCUT2D eigenvalue weighted by Crippen LogP contribution is -2.24. The van der Waals surface area contributed by atoms with Gasteiger partial charge in [-0.2, -0.15) is 0 Å². The zero-order chi connectivity index (χ0) is 17.2. The van der Waals surface area contributed by atoms with Gasteiger partial charge in [0.15, 0.2) is 11.5 Å². The van der Waals surface area contributed by atoms with Crippen molar-refractivity contribution in [3.8, 4) is 0 Å². The molecule has 4 nitrogen and oxygen atoms in total. The third-order valence-corrected chi connectivity index (χ3v) is 4.43. The zero-order valence-electron chi connectivity index (χ0n) is 14.5. The fourth-order valence-corrected chi connectivity index (χ4v) is 2.95. The van der Waals surface area contributed by atoms with Crippen LogP contribution in [0.5, 0.6) is 0 Å². The van der Waals surface area contributed by atoms with Crippen LogP contribution in [0, 0.1) is 0 Å². The molecule has 0 unspecified atom stereocenters. The minimum atomic E-state index is -0.601. The van der Waals surface area contributed by atoms with Gasteiger partial charge in [-0.3, -0.25) is 9.59 Å². The van der Waals surface area contributed by atoms with Gasteiger partial charge in [-0.1, -0.05) is 65.2 Å². The van der Waals surface area contributed by atoms with Crippen molar-refractivity contribution in [3.05, 3.63) is 22.7 Å². The standard InChI is InChI=1S/C19H30O4/c1-3-5-6-7-8-9-10-11-12-13-15-18(22)16(20)14(4-2)17(21)19(15)23/h20,23H,3-13H2,1-2H3. The normalized spacial score (nSPS) is 15.7. The summed E-state index contributed by atoms with van der Waals surface area (Å²) in [6, 6.07) is 0. The van der Waals surface area contributed by atoms with Gasteiger partial charge in [-0.15, -0.1) is 0 Å². The Balaban J connectivity index is 2.34. The van der Waals surface area contributed by atoms with Crippen LogP contribution >= 0.6 is 0 Å². The summed E-state index contributed by atoms with van der Waals surface area (Å²) in [6.07, 6.45) is 11.0. The highest BCUT2D eigenvalue weighted by Gasteiger charge is 2.33. The molecule has 0 saturated heterocycles. The fourth-order valence-electron chi connectivity index (χ4n) is 2.95. The van der Waals surface area contributed by atoms with E-state index in [0.29, 0.717) is 6.42 Å². The molecule has 23 heavy (non-hydrogen) atoms. The Morgan fingerprint density at radius 1 is 0.652 bits per heavy atom. The molecule has 0 saturated carbocycles. The third-order valence-electron chi connectivity index (χ3n) is 4.43. The number of aliphatic hydroxyl groups excluding tert-OH is 2. The van der Waals surface area contributed by atoms with Crippen molar-refractivity contribution >= 4 is 11.6 Å². The van der Waals surface area contributed by atoms with Gasteiger partial charge in [0, 0.05) is 11.1 Å². The Labute approximate surface area is 139 Å². The van der Waals surface area contributed by atoms with E-state index in [9.17, 15) is 19.8 Å². The summed E-state index contributed by atoms with van der Waals surface area (Å²) in [6.45, 7) is 3.88. The summed E-state index contributed by atoms with van der Waals surface area (Å²) < 4.78 is 0. The number of hydrogen-bond acceptors (Lipinski definition) is 4. The van der Waals surface area contributed by atoms with Gasteiger partial charge in [0.25, 0.3) is 0 Å². The molecule has 1 rings (SSSR count). The van der Waals surface area contributed by atoms with Crippen LogP contribution in [0.4, 0.5) is 0 Å². The predicted octanol–water partition coefficient (Wildman–Crippen LogP) is 5.09. The van der Waals surface area contributed by atoms with Crippen LogP contribution in [0.1, 0.15) is 84.5 Å². The van der Waals surface area contributed by atoms with Crippen LogP contribution in [0.3, 0.4) is 0 Å². The van der Waals surface area contributed by atoms with Gasteiger partial charge >= 0.3 is 0 Å². The van der Waals surface area contributed by atoms with Crippen molar-refractivity contribution in [2.45, 2.75) is 84.5 Å². The summed E-state index contributed by atoms with van der Waals surface area (Å²) in [4.78, 5) is 23.9. The van der Waals surface area contributed by atoms with E-state index in [2.05, 4.69) is 6.92 Å². The molecule has 130 valence electrons. The molecule has 1 aliphatic rings. The lowest BCUT2D eigenvalue weighted by molar-refractivity contribution is -0.120. The summed E-state index contributed by atoms with van der Waals surface area (Å²) in [5, 5.41) is 19.7. The number of carbonyl (C=O) groups excluding carboxylic acids is 2. The second-order valence-electron chi connectivity index (χ2n) is 6.24. The molecule has 0 fully saturated rings. The maximum Gasteiger partial charge on any atom is 0.227 e. The summed E-state index contributed by atoms with van der Waals surface area (Å²) in [5.74, 6) is -2.14. The number of aliphatic hydroxyl groups is 2. The van der Waals surface area contributed by atoms with E-state index in [1.807, 2.05) is 0 Å². The number of hydrogen-bond donors (Lipinski definition) is 2. The van der Waals surface area contributed by atoms with Gasteiger partial charge in [0.1, 0.15) is 0 Å². The second-order valence-corrected chi connectivity index (χ2v) is 6.24. The predicted molar refractivity (Wildman–Crippen MR) is 91.5 cm³/mol. The number of carbonyl (C=O) groups is 2. The van der Waals surface area contributed by atoms with Crippen LogP contribution in [0.25, 0.3) is 0 Å².